The van der Waals surface area contributed by atoms with Gasteiger partial charge in [0.25, 0.3) is 0 Å². The first-order valence-corrected chi connectivity index (χ1v) is 5.74. The summed E-state index contributed by atoms with van der Waals surface area (Å²) in [6.45, 7) is 2.54. The third-order valence-electron chi connectivity index (χ3n) is 2.33. The van der Waals surface area contributed by atoms with E-state index in [1.807, 2.05) is 6.92 Å². The number of rotatable bonds is 5. The van der Waals surface area contributed by atoms with Gasteiger partial charge in [-0.15, -0.1) is 0 Å². The van der Waals surface area contributed by atoms with Gasteiger partial charge in [-0.2, -0.15) is 0 Å². The van der Waals surface area contributed by atoms with E-state index in [1.165, 1.54) is 19.2 Å². The van der Waals surface area contributed by atoms with E-state index in [1.54, 1.807) is 6.07 Å². The van der Waals surface area contributed by atoms with Crippen LogP contribution < -0.4 is 5.32 Å². The number of methoxy groups -OCH3 is 1. The highest BCUT2D eigenvalue weighted by Gasteiger charge is 2.24. The molecule has 0 fully saturated rings. The molecule has 1 rings (SSSR count). The molecular formula is C12H15ClFNO2. The van der Waals surface area contributed by atoms with Gasteiger partial charge in [-0.1, -0.05) is 30.7 Å². The Morgan fingerprint density at radius 1 is 1.59 bits per heavy atom. The van der Waals surface area contributed by atoms with E-state index in [9.17, 15) is 9.18 Å². The van der Waals surface area contributed by atoms with Gasteiger partial charge in [0.05, 0.1) is 12.1 Å². The molecule has 3 nitrogen and oxygen atoms in total. The first-order chi connectivity index (χ1) is 8.11. The Balaban J connectivity index is 3.03. The number of ether oxygens (including phenoxy) is 1. The second-order valence-corrected chi connectivity index (χ2v) is 3.96. The van der Waals surface area contributed by atoms with Crippen LogP contribution in [0.15, 0.2) is 18.2 Å². The van der Waals surface area contributed by atoms with Gasteiger partial charge in [0.15, 0.2) is 0 Å². The van der Waals surface area contributed by atoms with Crippen LogP contribution in [0, 0.1) is 5.82 Å². The molecule has 1 aromatic rings. The van der Waals surface area contributed by atoms with Crippen molar-refractivity contribution in [3.8, 4) is 0 Å². The Hall–Kier alpha value is -1.13. The maximum atomic E-state index is 13.8. The second-order valence-electron chi connectivity index (χ2n) is 3.55. The van der Waals surface area contributed by atoms with Gasteiger partial charge in [-0.25, -0.2) is 9.18 Å². The van der Waals surface area contributed by atoms with Crippen molar-refractivity contribution in [2.75, 3.05) is 13.7 Å². The van der Waals surface area contributed by atoms with Crippen LogP contribution in [0.4, 0.5) is 4.39 Å². The van der Waals surface area contributed by atoms with Gasteiger partial charge in [0.2, 0.25) is 0 Å². The van der Waals surface area contributed by atoms with Crippen molar-refractivity contribution in [2.24, 2.45) is 0 Å². The topological polar surface area (TPSA) is 38.3 Å². The molecule has 0 aliphatic heterocycles. The van der Waals surface area contributed by atoms with Crippen molar-refractivity contribution in [3.05, 3.63) is 34.6 Å². The van der Waals surface area contributed by atoms with Crippen LogP contribution in [-0.2, 0) is 9.53 Å². The fraction of sp³-hybridized carbons (Fsp3) is 0.417. The van der Waals surface area contributed by atoms with Gasteiger partial charge in [-0.3, -0.25) is 0 Å². The quantitative estimate of drug-likeness (QED) is 0.827. The Bertz CT molecular complexity index is 398. The molecule has 1 N–H and O–H groups in total. The summed E-state index contributed by atoms with van der Waals surface area (Å²) < 4.78 is 18.4. The lowest BCUT2D eigenvalue weighted by atomic mass is 10.1. The van der Waals surface area contributed by atoms with E-state index >= 15 is 0 Å². The number of hydrogen-bond donors (Lipinski definition) is 1. The third-order valence-corrected chi connectivity index (χ3v) is 2.62. The minimum Gasteiger partial charge on any atom is -0.468 e. The standard InChI is InChI=1S/C12H15ClFNO2/c1-3-7-15-11(12(16)17-2)8-5-4-6-9(13)10(8)14/h4-6,11,15H,3,7H2,1-2H3. The normalized spacial score (nSPS) is 12.2. The minimum atomic E-state index is -0.821. The monoisotopic (exact) mass is 259 g/mol. The number of esters is 1. The predicted octanol–water partition coefficient (Wildman–Crippen LogP) is 2.69. The summed E-state index contributed by atoms with van der Waals surface area (Å²) in [5, 5.41) is 2.93. The predicted molar refractivity (Wildman–Crippen MR) is 64.5 cm³/mol. The zero-order valence-corrected chi connectivity index (χ0v) is 10.6. The van der Waals surface area contributed by atoms with Crippen LogP contribution in [0.1, 0.15) is 24.9 Å². The average Bonchev–Trinajstić information content (AvgIpc) is 2.34. The highest BCUT2D eigenvalue weighted by molar-refractivity contribution is 6.30. The first kappa shape index (κ1) is 13.9. The smallest absolute Gasteiger partial charge is 0.327 e. The molecule has 1 unspecified atom stereocenters. The number of carbonyl (C=O) groups excluding carboxylic acids is 1. The van der Waals surface area contributed by atoms with Crippen LogP contribution in [0.5, 0.6) is 0 Å². The lowest BCUT2D eigenvalue weighted by Gasteiger charge is -2.17. The van der Waals surface area contributed by atoms with Crippen LogP contribution in [0.25, 0.3) is 0 Å². The van der Waals surface area contributed by atoms with Crippen LogP contribution in [-0.4, -0.2) is 19.6 Å². The molecular weight excluding hydrogens is 245 g/mol. The summed E-state index contributed by atoms with van der Waals surface area (Å²) in [6.07, 6.45) is 0.829. The van der Waals surface area contributed by atoms with Crippen molar-refractivity contribution < 1.29 is 13.9 Å². The summed E-state index contributed by atoms with van der Waals surface area (Å²) in [7, 11) is 1.27. The highest BCUT2D eigenvalue weighted by Crippen LogP contribution is 2.24. The highest BCUT2D eigenvalue weighted by atomic mass is 35.5. The number of hydrogen-bond acceptors (Lipinski definition) is 3. The molecule has 0 spiro atoms. The minimum absolute atomic E-state index is 0.00491. The molecule has 0 saturated carbocycles. The van der Waals surface area contributed by atoms with Gasteiger partial charge in [-0.05, 0) is 19.0 Å². The second kappa shape index (κ2) is 6.57. The Labute approximate surface area is 105 Å². The van der Waals surface area contributed by atoms with Gasteiger partial charge < -0.3 is 10.1 Å². The van der Waals surface area contributed by atoms with E-state index in [4.69, 9.17) is 11.6 Å². The summed E-state index contributed by atoms with van der Waals surface area (Å²) in [6, 6.07) is 3.74. The molecule has 1 atom stereocenters. The molecule has 1 aromatic carbocycles. The molecule has 0 aliphatic carbocycles. The average molecular weight is 260 g/mol. The van der Waals surface area contributed by atoms with Crippen molar-refractivity contribution in [1.29, 1.82) is 0 Å². The van der Waals surface area contributed by atoms with Gasteiger partial charge >= 0.3 is 5.97 Å². The Morgan fingerprint density at radius 2 is 2.29 bits per heavy atom. The van der Waals surface area contributed by atoms with E-state index in [-0.39, 0.29) is 10.6 Å². The lowest BCUT2D eigenvalue weighted by molar-refractivity contribution is -0.143. The molecule has 94 valence electrons. The SMILES string of the molecule is CCCNC(C(=O)OC)c1cccc(Cl)c1F. The zero-order chi connectivity index (χ0) is 12.8. The lowest BCUT2D eigenvalue weighted by Crippen LogP contribution is -2.31. The fourth-order valence-corrected chi connectivity index (χ4v) is 1.65. The van der Waals surface area contributed by atoms with Gasteiger partial charge in [0.1, 0.15) is 11.9 Å². The first-order valence-electron chi connectivity index (χ1n) is 5.37. The number of halogens is 2. The van der Waals surface area contributed by atoms with E-state index < -0.39 is 17.8 Å². The van der Waals surface area contributed by atoms with Crippen molar-refractivity contribution in [2.45, 2.75) is 19.4 Å². The molecule has 0 aliphatic rings. The number of benzene rings is 1. The molecule has 0 saturated heterocycles. The molecule has 17 heavy (non-hydrogen) atoms. The summed E-state index contributed by atoms with van der Waals surface area (Å²) in [5.41, 5.74) is 0.206. The number of carbonyl (C=O) groups is 1. The number of nitrogens with one attached hydrogen (secondary N) is 1. The summed E-state index contributed by atoms with van der Waals surface area (Å²) in [4.78, 5) is 11.6. The van der Waals surface area contributed by atoms with Crippen LogP contribution in [0.2, 0.25) is 5.02 Å². The Morgan fingerprint density at radius 3 is 2.88 bits per heavy atom. The molecule has 0 heterocycles. The van der Waals surface area contributed by atoms with Crippen molar-refractivity contribution in [3.63, 3.8) is 0 Å². The molecule has 0 bridgehead atoms. The van der Waals surface area contributed by atoms with Crippen molar-refractivity contribution in [1.82, 2.24) is 5.32 Å². The molecule has 0 aromatic heterocycles. The fourth-order valence-electron chi connectivity index (χ4n) is 1.47. The summed E-state index contributed by atoms with van der Waals surface area (Å²) in [5.74, 6) is -1.12. The zero-order valence-electron chi connectivity index (χ0n) is 9.80. The van der Waals surface area contributed by atoms with E-state index in [0.717, 1.165) is 6.42 Å². The van der Waals surface area contributed by atoms with E-state index in [2.05, 4.69) is 10.1 Å². The van der Waals surface area contributed by atoms with Crippen molar-refractivity contribution >= 4 is 17.6 Å². The largest absolute Gasteiger partial charge is 0.468 e. The third kappa shape index (κ3) is 3.41. The molecule has 0 radical (unpaired) electrons. The molecule has 5 heteroatoms. The Kier molecular flexibility index (Phi) is 5.38. The maximum absolute atomic E-state index is 13.8. The van der Waals surface area contributed by atoms with Gasteiger partial charge in [0, 0.05) is 5.56 Å². The van der Waals surface area contributed by atoms with Crippen LogP contribution >= 0.6 is 11.6 Å². The maximum Gasteiger partial charge on any atom is 0.327 e. The van der Waals surface area contributed by atoms with Crippen LogP contribution in [0.3, 0.4) is 0 Å². The molecule has 0 amide bonds. The van der Waals surface area contributed by atoms with E-state index in [0.29, 0.717) is 6.54 Å². The summed E-state index contributed by atoms with van der Waals surface area (Å²) >= 11 is 5.68.